The van der Waals surface area contributed by atoms with Crippen LogP contribution in [0.1, 0.15) is 5.56 Å². The second-order valence-corrected chi connectivity index (χ2v) is 6.48. The highest BCUT2D eigenvalue weighted by Gasteiger charge is 2.25. The number of hydrogen-bond acceptors (Lipinski definition) is 6. The summed E-state index contributed by atoms with van der Waals surface area (Å²) in [6, 6.07) is 11.7. The van der Waals surface area contributed by atoms with Gasteiger partial charge in [0.1, 0.15) is 13.2 Å². The zero-order chi connectivity index (χ0) is 18.2. The number of rotatable bonds is 3. The topological polar surface area (TPSA) is 75.5 Å². The van der Waals surface area contributed by atoms with Crippen molar-refractivity contribution in [2.24, 2.45) is 0 Å². The van der Waals surface area contributed by atoms with Crippen LogP contribution >= 0.6 is 0 Å². The lowest BCUT2D eigenvalue weighted by Gasteiger charge is -2.27. The van der Waals surface area contributed by atoms with Crippen LogP contribution in [0.5, 0.6) is 17.4 Å². The zero-order valence-electron chi connectivity index (χ0n) is 14.5. The van der Waals surface area contributed by atoms with Gasteiger partial charge in [-0.15, -0.1) is 0 Å². The minimum atomic E-state index is -0.270. The molecule has 0 radical (unpaired) electrons. The molecule has 0 spiro atoms. The predicted octanol–water partition coefficient (Wildman–Crippen LogP) is 2.08. The predicted molar refractivity (Wildman–Crippen MR) is 97.3 cm³/mol. The van der Waals surface area contributed by atoms with Crippen molar-refractivity contribution in [3.63, 3.8) is 0 Å². The van der Waals surface area contributed by atoms with E-state index >= 15 is 0 Å². The van der Waals surface area contributed by atoms with Crippen LogP contribution in [0.4, 0.5) is 0 Å². The fourth-order valence-electron chi connectivity index (χ4n) is 3.49. The smallest absolute Gasteiger partial charge is 0.348 e. The van der Waals surface area contributed by atoms with Crippen molar-refractivity contribution in [3.05, 3.63) is 64.8 Å². The Bertz CT molecular complexity index is 1060. The molecule has 0 amide bonds. The fraction of sp³-hybridized carbons (Fsp3) is 0.250. The lowest BCUT2D eigenvalue weighted by Crippen LogP contribution is -2.35. The molecule has 136 valence electrons. The van der Waals surface area contributed by atoms with Crippen molar-refractivity contribution in [1.82, 2.24) is 14.5 Å². The Labute approximate surface area is 155 Å². The van der Waals surface area contributed by atoms with E-state index in [-0.39, 0.29) is 18.4 Å². The van der Waals surface area contributed by atoms with Gasteiger partial charge >= 0.3 is 5.69 Å². The van der Waals surface area contributed by atoms with Crippen molar-refractivity contribution in [1.29, 1.82) is 0 Å². The van der Waals surface area contributed by atoms with Gasteiger partial charge in [-0.25, -0.2) is 9.78 Å². The summed E-state index contributed by atoms with van der Waals surface area (Å²) in [6.07, 6.45) is 3.69. The van der Waals surface area contributed by atoms with Crippen LogP contribution in [0.2, 0.25) is 0 Å². The second kappa shape index (κ2) is 6.42. The second-order valence-electron chi connectivity index (χ2n) is 6.48. The Hall–Kier alpha value is -3.35. The quantitative estimate of drug-likeness (QED) is 0.709. The first-order valence-corrected chi connectivity index (χ1v) is 8.85. The van der Waals surface area contributed by atoms with Gasteiger partial charge in [0.25, 0.3) is 5.88 Å². The molecule has 7 heteroatoms. The number of nitrogens with zero attached hydrogens (tertiary/aromatic N) is 3. The molecular formula is C20H17N3O4. The van der Waals surface area contributed by atoms with E-state index in [0.29, 0.717) is 30.5 Å². The Balaban J connectivity index is 1.42. The molecule has 0 saturated heterocycles. The number of fused-ring (bicyclic) bond motifs is 4. The maximum Gasteiger partial charge on any atom is 0.348 e. The Kier molecular flexibility index (Phi) is 3.78. The molecule has 5 rings (SSSR count). The summed E-state index contributed by atoms with van der Waals surface area (Å²) < 4.78 is 19.2. The molecule has 0 aliphatic carbocycles. The van der Waals surface area contributed by atoms with Gasteiger partial charge in [0.15, 0.2) is 17.6 Å². The van der Waals surface area contributed by atoms with E-state index in [4.69, 9.17) is 14.2 Å². The molecule has 1 atom stereocenters. The van der Waals surface area contributed by atoms with Crippen molar-refractivity contribution >= 4 is 0 Å². The summed E-state index contributed by atoms with van der Waals surface area (Å²) >= 11 is 0. The van der Waals surface area contributed by atoms with E-state index in [1.54, 1.807) is 16.8 Å². The highest BCUT2D eigenvalue weighted by Crippen LogP contribution is 2.35. The number of aromatic nitrogens is 3. The summed E-state index contributed by atoms with van der Waals surface area (Å²) in [6.45, 7) is 1.23. The first-order chi connectivity index (χ1) is 13.3. The van der Waals surface area contributed by atoms with Crippen molar-refractivity contribution in [3.8, 4) is 28.6 Å². The van der Waals surface area contributed by atoms with Crippen LogP contribution in [-0.2, 0) is 13.0 Å². The van der Waals surface area contributed by atoms with E-state index in [2.05, 4.69) is 16.0 Å². The maximum absolute atomic E-state index is 12.2. The van der Waals surface area contributed by atoms with Crippen LogP contribution in [0.15, 0.2) is 53.6 Å². The molecule has 1 aromatic carbocycles. The largest absolute Gasteiger partial charge is 0.486 e. The molecule has 0 N–H and O–H groups in total. The summed E-state index contributed by atoms with van der Waals surface area (Å²) in [5.74, 6) is 1.67. The van der Waals surface area contributed by atoms with Crippen LogP contribution < -0.4 is 19.9 Å². The SMILES string of the molecule is O=c1ncc(OCC2COc3ncccc3O2)c2n1CCc1ccccc1-2. The minimum Gasteiger partial charge on any atom is -0.486 e. The molecule has 4 heterocycles. The highest BCUT2D eigenvalue weighted by atomic mass is 16.6. The molecule has 2 aliphatic rings. The molecule has 27 heavy (non-hydrogen) atoms. The molecular weight excluding hydrogens is 346 g/mol. The average Bonchev–Trinajstić information content (AvgIpc) is 2.73. The van der Waals surface area contributed by atoms with E-state index in [1.807, 2.05) is 24.3 Å². The number of aryl methyl sites for hydroxylation is 1. The monoisotopic (exact) mass is 363 g/mol. The molecule has 0 saturated carbocycles. The summed E-state index contributed by atoms with van der Waals surface area (Å²) in [5, 5.41) is 0. The van der Waals surface area contributed by atoms with Crippen molar-refractivity contribution < 1.29 is 14.2 Å². The van der Waals surface area contributed by atoms with Crippen LogP contribution in [0, 0.1) is 0 Å². The van der Waals surface area contributed by atoms with Gasteiger partial charge in [-0.1, -0.05) is 24.3 Å². The highest BCUT2D eigenvalue weighted by molar-refractivity contribution is 5.71. The third-order valence-electron chi connectivity index (χ3n) is 4.76. The van der Waals surface area contributed by atoms with Gasteiger partial charge in [0, 0.05) is 18.3 Å². The van der Waals surface area contributed by atoms with Gasteiger partial charge in [-0.3, -0.25) is 4.57 Å². The van der Waals surface area contributed by atoms with E-state index in [0.717, 1.165) is 17.7 Å². The van der Waals surface area contributed by atoms with E-state index < -0.39 is 0 Å². The summed E-state index contributed by atoms with van der Waals surface area (Å²) in [4.78, 5) is 20.3. The van der Waals surface area contributed by atoms with Gasteiger partial charge in [0.2, 0.25) is 0 Å². The Morgan fingerprint density at radius 2 is 2.11 bits per heavy atom. The van der Waals surface area contributed by atoms with Crippen LogP contribution in [0.25, 0.3) is 11.3 Å². The zero-order valence-corrected chi connectivity index (χ0v) is 14.5. The lowest BCUT2D eigenvalue weighted by molar-refractivity contribution is 0.0499. The van der Waals surface area contributed by atoms with E-state index in [1.165, 1.54) is 11.8 Å². The molecule has 2 aliphatic heterocycles. The maximum atomic E-state index is 12.2. The van der Waals surface area contributed by atoms with Gasteiger partial charge in [-0.05, 0) is 24.1 Å². The number of benzene rings is 1. The van der Waals surface area contributed by atoms with Gasteiger partial charge < -0.3 is 14.2 Å². The van der Waals surface area contributed by atoms with Crippen molar-refractivity contribution in [2.75, 3.05) is 13.2 Å². The molecule has 0 bridgehead atoms. The molecule has 2 aromatic heterocycles. The third-order valence-corrected chi connectivity index (χ3v) is 4.76. The first kappa shape index (κ1) is 15.9. The Morgan fingerprint density at radius 1 is 1.19 bits per heavy atom. The van der Waals surface area contributed by atoms with Crippen molar-refractivity contribution in [2.45, 2.75) is 19.1 Å². The third kappa shape index (κ3) is 2.81. The molecule has 0 fully saturated rings. The van der Waals surface area contributed by atoms with Crippen LogP contribution in [-0.4, -0.2) is 33.9 Å². The van der Waals surface area contributed by atoms with Gasteiger partial charge in [0.05, 0.1) is 11.9 Å². The standard InChI is InChI=1S/C20H17N3O4/c24-20-22-10-17(18-15-5-2-1-4-13(15)7-9-23(18)20)25-11-14-12-26-19-16(27-14)6-3-8-21-19/h1-6,8,10,14H,7,9,11-12H2. The number of pyridine rings is 1. The average molecular weight is 363 g/mol. The summed E-state index contributed by atoms with van der Waals surface area (Å²) in [5.41, 5.74) is 2.72. The number of ether oxygens (including phenoxy) is 3. The minimum absolute atomic E-state index is 0.260. The summed E-state index contributed by atoms with van der Waals surface area (Å²) in [7, 11) is 0. The number of hydrogen-bond donors (Lipinski definition) is 0. The Morgan fingerprint density at radius 3 is 3.07 bits per heavy atom. The first-order valence-electron chi connectivity index (χ1n) is 8.85. The molecule has 7 nitrogen and oxygen atoms in total. The fourth-order valence-corrected chi connectivity index (χ4v) is 3.49. The van der Waals surface area contributed by atoms with E-state index in [9.17, 15) is 4.79 Å². The van der Waals surface area contributed by atoms with Gasteiger partial charge in [-0.2, -0.15) is 4.98 Å². The molecule has 3 aromatic rings. The van der Waals surface area contributed by atoms with Crippen LogP contribution in [0.3, 0.4) is 0 Å². The molecule has 1 unspecified atom stereocenters. The lowest BCUT2D eigenvalue weighted by atomic mass is 9.97. The normalized spacial score (nSPS) is 17.0.